The molecule has 1 aliphatic heterocycles. The zero-order valence-corrected chi connectivity index (χ0v) is 11.4. The molecule has 0 unspecified atom stereocenters. The second-order valence-electron chi connectivity index (χ2n) is 5.41. The summed E-state index contributed by atoms with van der Waals surface area (Å²) in [6.45, 7) is 1.98. The molecule has 5 heteroatoms. The molecular weight excluding hydrogens is 272 g/mol. The van der Waals surface area contributed by atoms with Crippen LogP contribution in [0.5, 0.6) is 28.7 Å². The van der Waals surface area contributed by atoms with Gasteiger partial charge in [-0.2, -0.15) is 0 Å². The third-order valence-corrected chi connectivity index (χ3v) is 3.80. The molecule has 5 nitrogen and oxygen atoms in total. The predicted octanol–water partition coefficient (Wildman–Crippen LogP) is 2.82. The zero-order chi connectivity index (χ0) is 15.1. The molecule has 0 amide bonds. The molecule has 3 rings (SSSR count). The van der Waals surface area contributed by atoms with Gasteiger partial charge in [0.2, 0.25) is 0 Å². The van der Waals surface area contributed by atoms with E-state index in [1.54, 1.807) is 6.07 Å². The van der Waals surface area contributed by atoms with E-state index in [-0.39, 0.29) is 35.0 Å². The van der Waals surface area contributed by atoms with Crippen LogP contribution >= 0.6 is 0 Å². The van der Waals surface area contributed by atoms with Gasteiger partial charge in [-0.15, -0.1) is 0 Å². The molecule has 0 aliphatic carbocycles. The summed E-state index contributed by atoms with van der Waals surface area (Å²) in [6, 6.07) is 7.32. The monoisotopic (exact) mass is 288 g/mol. The Labute approximate surface area is 121 Å². The van der Waals surface area contributed by atoms with Gasteiger partial charge >= 0.3 is 0 Å². The van der Waals surface area contributed by atoms with Crippen molar-refractivity contribution in [3.05, 3.63) is 41.5 Å². The van der Waals surface area contributed by atoms with E-state index in [1.165, 1.54) is 24.3 Å². The summed E-state index contributed by atoms with van der Waals surface area (Å²) in [7, 11) is 0. The summed E-state index contributed by atoms with van der Waals surface area (Å²) >= 11 is 0. The van der Waals surface area contributed by atoms with Crippen molar-refractivity contribution in [2.24, 2.45) is 5.92 Å². The summed E-state index contributed by atoms with van der Waals surface area (Å²) in [6.07, 6.45) is 0.263. The minimum Gasteiger partial charge on any atom is -0.508 e. The van der Waals surface area contributed by atoms with E-state index < -0.39 is 0 Å². The van der Waals surface area contributed by atoms with Crippen LogP contribution < -0.4 is 4.74 Å². The fraction of sp³-hybridized carbons (Fsp3) is 0.250. The second kappa shape index (κ2) is 4.77. The molecule has 0 saturated heterocycles. The van der Waals surface area contributed by atoms with Gasteiger partial charge in [0.05, 0.1) is 0 Å². The first-order chi connectivity index (χ1) is 9.95. The van der Waals surface area contributed by atoms with E-state index in [9.17, 15) is 20.4 Å². The minimum absolute atomic E-state index is 0.0175. The molecule has 0 radical (unpaired) electrons. The third kappa shape index (κ3) is 2.31. The number of benzene rings is 2. The van der Waals surface area contributed by atoms with Gasteiger partial charge in [-0.3, -0.25) is 0 Å². The van der Waals surface area contributed by atoms with Gasteiger partial charge in [0.1, 0.15) is 23.4 Å². The fourth-order valence-electron chi connectivity index (χ4n) is 2.72. The van der Waals surface area contributed by atoms with Crippen LogP contribution in [-0.2, 0) is 6.42 Å². The molecule has 21 heavy (non-hydrogen) atoms. The van der Waals surface area contributed by atoms with Crippen LogP contribution in [0.15, 0.2) is 30.3 Å². The van der Waals surface area contributed by atoms with Crippen LogP contribution in [0.2, 0.25) is 0 Å². The van der Waals surface area contributed by atoms with Crippen molar-refractivity contribution in [1.29, 1.82) is 0 Å². The predicted molar refractivity (Wildman–Crippen MR) is 75.8 cm³/mol. The highest BCUT2D eigenvalue weighted by molar-refractivity contribution is 5.51. The summed E-state index contributed by atoms with van der Waals surface area (Å²) in [4.78, 5) is 0. The number of hydrogen-bond acceptors (Lipinski definition) is 5. The van der Waals surface area contributed by atoms with Crippen LogP contribution in [0.25, 0.3) is 0 Å². The number of hydrogen-bond donors (Lipinski definition) is 4. The van der Waals surface area contributed by atoms with Crippen LogP contribution in [0, 0.1) is 5.92 Å². The molecular formula is C16H16O5. The SMILES string of the molecule is C[C@H]1Cc2c(O)cc(O)cc2O[C@@H]1c1ccc(O)c(O)c1. The highest BCUT2D eigenvalue weighted by Gasteiger charge is 2.30. The average Bonchev–Trinajstić information content (AvgIpc) is 2.42. The lowest BCUT2D eigenvalue weighted by Gasteiger charge is -2.32. The van der Waals surface area contributed by atoms with Crippen LogP contribution in [0.1, 0.15) is 24.2 Å². The van der Waals surface area contributed by atoms with Crippen molar-refractivity contribution >= 4 is 0 Å². The van der Waals surface area contributed by atoms with Crippen LogP contribution in [0.3, 0.4) is 0 Å². The minimum atomic E-state index is -0.329. The molecule has 0 aromatic heterocycles. The normalized spacial score (nSPS) is 20.6. The molecule has 110 valence electrons. The van der Waals surface area contributed by atoms with Gasteiger partial charge in [-0.25, -0.2) is 0 Å². The van der Waals surface area contributed by atoms with Crippen molar-refractivity contribution in [2.75, 3.05) is 0 Å². The Hall–Kier alpha value is -2.56. The van der Waals surface area contributed by atoms with Crippen molar-refractivity contribution < 1.29 is 25.2 Å². The maximum absolute atomic E-state index is 9.88. The zero-order valence-electron chi connectivity index (χ0n) is 11.4. The highest BCUT2D eigenvalue weighted by atomic mass is 16.5. The second-order valence-corrected chi connectivity index (χ2v) is 5.41. The smallest absolute Gasteiger partial charge is 0.157 e. The molecule has 1 aliphatic rings. The van der Waals surface area contributed by atoms with Crippen molar-refractivity contribution in [3.8, 4) is 28.7 Å². The van der Waals surface area contributed by atoms with E-state index in [0.717, 1.165) is 5.56 Å². The van der Waals surface area contributed by atoms with Gasteiger partial charge in [0.15, 0.2) is 11.5 Å². The molecule has 4 N–H and O–H groups in total. The Bertz CT molecular complexity index is 695. The lowest BCUT2D eigenvalue weighted by molar-refractivity contribution is 0.121. The maximum atomic E-state index is 9.88. The number of phenols is 4. The van der Waals surface area contributed by atoms with Crippen molar-refractivity contribution in [1.82, 2.24) is 0 Å². The first-order valence-electron chi connectivity index (χ1n) is 6.69. The van der Waals surface area contributed by atoms with Crippen molar-refractivity contribution in [2.45, 2.75) is 19.4 Å². The van der Waals surface area contributed by atoms with Gasteiger partial charge in [0.25, 0.3) is 0 Å². The first-order valence-corrected chi connectivity index (χ1v) is 6.69. The molecule has 0 spiro atoms. The van der Waals surface area contributed by atoms with E-state index in [0.29, 0.717) is 17.7 Å². The van der Waals surface area contributed by atoms with E-state index in [4.69, 9.17) is 4.74 Å². The average molecular weight is 288 g/mol. The molecule has 0 saturated carbocycles. The van der Waals surface area contributed by atoms with E-state index >= 15 is 0 Å². The van der Waals surface area contributed by atoms with Gasteiger partial charge in [-0.1, -0.05) is 13.0 Å². The fourth-order valence-corrected chi connectivity index (χ4v) is 2.72. The number of aromatic hydroxyl groups is 4. The third-order valence-electron chi connectivity index (χ3n) is 3.80. The Morgan fingerprint density at radius 2 is 1.71 bits per heavy atom. The molecule has 0 bridgehead atoms. The lowest BCUT2D eigenvalue weighted by Crippen LogP contribution is -2.23. The lowest BCUT2D eigenvalue weighted by atomic mass is 9.87. The number of phenolic OH excluding ortho intramolecular Hbond substituents is 4. The van der Waals surface area contributed by atoms with Gasteiger partial charge in [-0.05, 0) is 24.1 Å². The molecule has 2 aromatic carbocycles. The summed E-state index contributed by atoms with van der Waals surface area (Å²) < 4.78 is 5.87. The molecule has 2 aromatic rings. The Morgan fingerprint density at radius 3 is 2.43 bits per heavy atom. The number of fused-ring (bicyclic) bond motifs is 1. The Morgan fingerprint density at radius 1 is 0.952 bits per heavy atom. The first kappa shape index (κ1) is 13.4. The summed E-state index contributed by atoms with van der Waals surface area (Å²) in [5.41, 5.74) is 1.39. The number of ether oxygens (including phenoxy) is 1. The Balaban J connectivity index is 2.00. The Kier molecular flexibility index (Phi) is 3.05. The highest BCUT2D eigenvalue weighted by Crippen LogP contribution is 2.44. The molecule has 1 heterocycles. The van der Waals surface area contributed by atoms with Gasteiger partial charge < -0.3 is 25.2 Å². The van der Waals surface area contributed by atoms with Crippen LogP contribution in [0.4, 0.5) is 0 Å². The maximum Gasteiger partial charge on any atom is 0.157 e. The largest absolute Gasteiger partial charge is 0.508 e. The summed E-state index contributed by atoms with van der Waals surface area (Å²) in [5.74, 6) is 0.0720. The topological polar surface area (TPSA) is 90.2 Å². The van der Waals surface area contributed by atoms with E-state index in [1.807, 2.05) is 6.92 Å². The molecule has 2 atom stereocenters. The summed E-state index contributed by atoms with van der Waals surface area (Å²) in [5, 5.41) is 38.4. The molecule has 0 fully saturated rings. The quantitative estimate of drug-likeness (QED) is 0.606. The van der Waals surface area contributed by atoms with Crippen molar-refractivity contribution in [3.63, 3.8) is 0 Å². The van der Waals surface area contributed by atoms with Crippen LogP contribution in [-0.4, -0.2) is 20.4 Å². The van der Waals surface area contributed by atoms with Gasteiger partial charge in [0, 0.05) is 23.6 Å². The number of rotatable bonds is 1. The van der Waals surface area contributed by atoms with E-state index in [2.05, 4.69) is 0 Å². The standard InChI is InChI=1S/C16H16O5/c1-8-4-11-13(19)6-10(17)7-15(11)21-16(8)9-2-3-12(18)14(20)5-9/h2-3,5-8,16-20H,4H2,1H3/t8-,16-/m0/s1.